The maximum atomic E-state index is 3.38. The van der Waals surface area contributed by atoms with Crippen LogP contribution in [0.2, 0.25) is 0 Å². The van der Waals surface area contributed by atoms with Crippen molar-refractivity contribution >= 4 is 8.88 Å². The summed E-state index contributed by atoms with van der Waals surface area (Å²) in [6, 6.07) is 0. The Balaban J connectivity index is 2.33. The summed E-state index contributed by atoms with van der Waals surface area (Å²) in [4.78, 5) is 0. The molecule has 0 aromatic rings. The Labute approximate surface area is 52.3 Å². The number of hydrogen-bond acceptors (Lipinski definition) is 2. The van der Waals surface area contributed by atoms with E-state index in [1.54, 1.807) is 0 Å². The smallest absolute Gasteiger partial charge is 0.0188 e. The number of rotatable bonds is 0. The van der Waals surface area contributed by atoms with Gasteiger partial charge in [-0.2, -0.15) is 0 Å². The van der Waals surface area contributed by atoms with Crippen molar-refractivity contribution in [1.29, 1.82) is 0 Å². The molecule has 0 aromatic carbocycles. The van der Waals surface area contributed by atoms with Gasteiger partial charge in [0.05, 0.1) is 0 Å². The predicted octanol–water partition coefficient (Wildman–Crippen LogP) is 0.856. The van der Waals surface area contributed by atoms with Crippen LogP contribution in [0.15, 0.2) is 0 Å². The van der Waals surface area contributed by atoms with Gasteiger partial charge in [-0.15, -0.1) is 0 Å². The lowest BCUT2D eigenvalue weighted by molar-refractivity contribution is 0.422. The van der Waals surface area contributed by atoms with Crippen LogP contribution in [-0.2, 0) is 0 Å². The highest BCUT2D eigenvalue weighted by Gasteiger charge is 2.18. The Morgan fingerprint density at radius 1 is 1.50 bits per heavy atom. The Hall–Kier alpha value is 0.350. The lowest BCUT2D eigenvalue weighted by Gasteiger charge is -2.30. The fourth-order valence-corrected chi connectivity index (χ4v) is 1.52. The van der Waals surface area contributed by atoms with Gasteiger partial charge in [0.25, 0.3) is 0 Å². The first-order chi connectivity index (χ1) is 3.71. The summed E-state index contributed by atoms with van der Waals surface area (Å²) in [5.74, 6) is 0. The number of nitrogens with one attached hydrogen (secondary N) is 2. The first kappa shape index (κ1) is 6.47. The topological polar surface area (TPSA) is 24.1 Å². The lowest BCUT2D eigenvalue weighted by atomic mass is 10.0. The molecule has 3 heteroatoms. The molecule has 0 bridgehead atoms. The van der Waals surface area contributed by atoms with E-state index in [0.29, 0.717) is 5.54 Å². The second-order valence-electron chi connectivity index (χ2n) is 2.81. The standard InChI is InChI=1S/C5H13N2P/c1-5(2)3-4-6-8-7-5/h6-8H,3-4H2,1-2H3. The quantitative estimate of drug-likeness (QED) is 0.477. The van der Waals surface area contributed by atoms with Crippen molar-refractivity contribution in [2.24, 2.45) is 0 Å². The third-order valence-corrected chi connectivity index (χ3v) is 2.59. The first-order valence-electron chi connectivity index (χ1n) is 2.96. The maximum Gasteiger partial charge on any atom is 0.0188 e. The second-order valence-corrected chi connectivity index (χ2v) is 3.66. The predicted molar refractivity (Wildman–Crippen MR) is 38.1 cm³/mol. The van der Waals surface area contributed by atoms with Gasteiger partial charge in [0.15, 0.2) is 0 Å². The average Bonchev–Trinajstić information content (AvgIpc) is 1.65. The highest BCUT2D eigenvalue weighted by atomic mass is 31.1. The third-order valence-electron chi connectivity index (χ3n) is 1.36. The molecule has 0 amide bonds. The summed E-state index contributed by atoms with van der Waals surface area (Å²) in [5, 5.41) is 6.63. The zero-order valence-corrected chi connectivity index (χ0v) is 6.41. The molecule has 0 aliphatic carbocycles. The van der Waals surface area contributed by atoms with Gasteiger partial charge in [0.2, 0.25) is 0 Å². The van der Waals surface area contributed by atoms with Crippen LogP contribution in [-0.4, -0.2) is 12.1 Å². The summed E-state index contributed by atoms with van der Waals surface area (Å²) >= 11 is 0. The van der Waals surface area contributed by atoms with Crippen molar-refractivity contribution in [3.8, 4) is 0 Å². The van der Waals surface area contributed by atoms with Gasteiger partial charge < -0.3 is 0 Å². The van der Waals surface area contributed by atoms with E-state index in [-0.39, 0.29) is 0 Å². The molecule has 1 atom stereocenters. The summed E-state index contributed by atoms with van der Waals surface area (Å²) in [6.07, 6.45) is 1.24. The van der Waals surface area contributed by atoms with E-state index in [1.807, 2.05) is 0 Å². The third kappa shape index (κ3) is 1.70. The molecule has 48 valence electrons. The van der Waals surface area contributed by atoms with E-state index in [2.05, 4.69) is 24.0 Å². The van der Waals surface area contributed by atoms with Crippen LogP contribution < -0.4 is 10.2 Å². The van der Waals surface area contributed by atoms with Crippen LogP contribution in [0.3, 0.4) is 0 Å². The van der Waals surface area contributed by atoms with E-state index >= 15 is 0 Å². The molecule has 0 aromatic heterocycles. The normalized spacial score (nSPS) is 30.8. The minimum Gasteiger partial charge on any atom is -0.286 e. The van der Waals surface area contributed by atoms with Crippen LogP contribution in [0.5, 0.6) is 0 Å². The van der Waals surface area contributed by atoms with E-state index in [0.717, 1.165) is 8.88 Å². The van der Waals surface area contributed by atoms with Crippen LogP contribution in [0.25, 0.3) is 0 Å². The van der Waals surface area contributed by atoms with Crippen molar-refractivity contribution < 1.29 is 0 Å². The van der Waals surface area contributed by atoms with Gasteiger partial charge in [-0.25, -0.2) is 0 Å². The average molecular weight is 132 g/mol. The van der Waals surface area contributed by atoms with Crippen LogP contribution in [0.1, 0.15) is 20.3 Å². The summed E-state index contributed by atoms with van der Waals surface area (Å²) < 4.78 is 0. The van der Waals surface area contributed by atoms with Crippen LogP contribution in [0.4, 0.5) is 0 Å². The Kier molecular flexibility index (Phi) is 1.86. The summed E-state index contributed by atoms with van der Waals surface area (Å²) in [7, 11) is 0.753. The fourth-order valence-electron chi connectivity index (χ4n) is 0.713. The van der Waals surface area contributed by atoms with Gasteiger partial charge in [-0.1, -0.05) is 0 Å². The molecule has 1 aliphatic rings. The van der Waals surface area contributed by atoms with Crippen molar-refractivity contribution in [2.45, 2.75) is 25.8 Å². The fraction of sp³-hybridized carbons (Fsp3) is 1.00. The number of hydrogen-bond donors (Lipinski definition) is 2. The van der Waals surface area contributed by atoms with Gasteiger partial charge >= 0.3 is 0 Å². The molecule has 2 N–H and O–H groups in total. The van der Waals surface area contributed by atoms with Crippen molar-refractivity contribution in [2.75, 3.05) is 6.54 Å². The van der Waals surface area contributed by atoms with E-state index in [1.165, 1.54) is 13.0 Å². The molecule has 2 nitrogen and oxygen atoms in total. The van der Waals surface area contributed by atoms with E-state index in [9.17, 15) is 0 Å². The van der Waals surface area contributed by atoms with E-state index < -0.39 is 0 Å². The van der Waals surface area contributed by atoms with Gasteiger partial charge in [-0.05, 0) is 20.3 Å². The Bertz CT molecular complexity index is 74.5. The molecule has 0 spiro atoms. The zero-order chi connectivity index (χ0) is 6.04. The Morgan fingerprint density at radius 3 is 2.50 bits per heavy atom. The van der Waals surface area contributed by atoms with E-state index in [4.69, 9.17) is 0 Å². The molecular formula is C5H13N2P. The van der Waals surface area contributed by atoms with Gasteiger partial charge in [-0.3, -0.25) is 10.2 Å². The molecule has 0 radical (unpaired) electrons. The molecule has 1 heterocycles. The van der Waals surface area contributed by atoms with Gasteiger partial charge in [0.1, 0.15) is 0 Å². The summed E-state index contributed by atoms with van der Waals surface area (Å²) in [5.41, 5.74) is 0.379. The highest BCUT2D eigenvalue weighted by molar-refractivity contribution is 7.33. The molecule has 1 fully saturated rings. The minimum atomic E-state index is 0.379. The lowest BCUT2D eigenvalue weighted by Crippen LogP contribution is -2.41. The summed E-state index contributed by atoms with van der Waals surface area (Å²) in [6.45, 7) is 5.64. The molecule has 1 rings (SSSR count). The molecule has 1 aliphatic heterocycles. The SMILES string of the molecule is CC1(C)CCNPN1. The molecule has 1 unspecified atom stereocenters. The first-order valence-corrected chi connectivity index (χ1v) is 3.96. The molecule has 1 saturated heterocycles. The van der Waals surface area contributed by atoms with Crippen LogP contribution in [0, 0.1) is 0 Å². The minimum absolute atomic E-state index is 0.379. The zero-order valence-electron chi connectivity index (χ0n) is 5.41. The van der Waals surface area contributed by atoms with Crippen molar-refractivity contribution in [1.82, 2.24) is 10.2 Å². The second kappa shape index (κ2) is 2.30. The highest BCUT2D eigenvalue weighted by Crippen LogP contribution is 2.18. The molecular weight excluding hydrogens is 119 g/mol. The largest absolute Gasteiger partial charge is 0.286 e. The maximum absolute atomic E-state index is 3.38. The van der Waals surface area contributed by atoms with Crippen molar-refractivity contribution in [3.05, 3.63) is 0 Å². The van der Waals surface area contributed by atoms with Crippen LogP contribution >= 0.6 is 8.88 Å². The Morgan fingerprint density at radius 2 is 2.25 bits per heavy atom. The van der Waals surface area contributed by atoms with Gasteiger partial charge in [0, 0.05) is 21.0 Å². The molecule has 8 heavy (non-hydrogen) atoms. The molecule has 0 saturated carbocycles. The van der Waals surface area contributed by atoms with Crippen molar-refractivity contribution in [3.63, 3.8) is 0 Å². The monoisotopic (exact) mass is 132 g/mol.